The van der Waals surface area contributed by atoms with Crippen molar-refractivity contribution >= 4 is 23.2 Å². The molecule has 0 N–H and O–H groups in total. The molecule has 0 saturated carbocycles. The van der Waals surface area contributed by atoms with Crippen LogP contribution >= 0.6 is 0 Å². The van der Waals surface area contributed by atoms with Gasteiger partial charge in [0.05, 0.1) is 12.3 Å². The monoisotopic (exact) mass is 343 g/mol. The van der Waals surface area contributed by atoms with Gasteiger partial charge in [-0.25, -0.2) is 4.79 Å². The highest BCUT2D eigenvalue weighted by Gasteiger charge is 2.31. The minimum Gasteiger partial charge on any atom is -0.463 e. The standard InChI is InChI=1S/C19H21NO5/c1-4-17(23)24-12-8-7-11-20-15-9-5-6-10-16(15)25-19(20)18(13(2)21)14(3)22/h4-6,9-10H,1,7-8,11-12H2,2-3H3. The molecule has 1 heterocycles. The molecule has 132 valence electrons. The first kappa shape index (κ1) is 18.4. The molecule has 0 saturated heterocycles. The Morgan fingerprint density at radius 3 is 2.48 bits per heavy atom. The zero-order chi connectivity index (χ0) is 18.4. The summed E-state index contributed by atoms with van der Waals surface area (Å²) in [5.41, 5.74) is 0.856. The van der Waals surface area contributed by atoms with Gasteiger partial charge in [-0.15, -0.1) is 0 Å². The molecule has 1 aromatic carbocycles. The van der Waals surface area contributed by atoms with Crippen LogP contribution in [0.3, 0.4) is 0 Å². The first-order valence-corrected chi connectivity index (χ1v) is 8.05. The normalized spacial score (nSPS) is 12.2. The van der Waals surface area contributed by atoms with Gasteiger partial charge in [-0.2, -0.15) is 0 Å². The van der Waals surface area contributed by atoms with Gasteiger partial charge < -0.3 is 14.4 Å². The Morgan fingerprint density at radius 1 is 1.16 bits per heavy atom. The van der Waals surface area contributed by atoms with E-state index in [-0.39, 0.29) is 29.6 Å². The molecule has 25 heavy (non-hydrogen) atoms. The van der Waals surface area contributed by atoms with E-state index < -0.39 is 5.97 Å². The van der Waals surface area contributed by atoms with E-state index in [0.717, 1.165) is 11.8 Å². The van der Waals surface area contributed by atoms with Gasteiger partial charge in [-0.1, -0.05) is 18.7 Å². The second-order valence-electron chi connectivity index (χ2n) is 5.59. The van der Waals surface area contributed by atoms with Crippen LogP contribution in [0.4, 0.5) is 5.69 Å². The molecule has 1 aromatic rings. The first-order chi connectivity index (χ1) is 12.0. The maximum absolute atomic E-state index is 11.9. The summed E-state index contributed by atoms with van der Waals surface area (Å²) < 4.78 is 10.7. The summed E-state index contributed by atoms with van der Waals surface area (Å²) in [6.07, 6.45) is 2.45. The molecule has 1 aliphatic rings. The van der Waals surface area contributed by atoms with Gasteiger partial charge in [0.25, 0.3) is 0 Å². The van der Waals surface area contributed by atoms with Crippen LogP contribution in [-0.4, -0.2) is 30.7 Å². The van der Waals surface area contributed by atoms with E-state index in [2.05, 4.69) is 6.58 Å². The van der Waals surface area contributed by atoms with Crippen molar-refractivity contribution in [3.05, 3.63) is 48.4 Å². The molecule has 0 aromatic heterocycles. The molecule has 6 heteroatoms. The number of rotatable bonds is 8. The summed E-state index contributed by atoms with van der Waals surface area (Å²) in [5.74, 6) is -0.244. The molecule has 0 unspecified atom stereocenters. The summed E-state index contributed by atoms with van der Waals surface area (Å²) in [5, 5.41) is 0. The number of hydrogen-bond acceptors (Lipinski definition) is 6. The summed E-state index contributed by atoms with van der Waals surface area (Å²) in [6, 6.07) is 7.36. The number of para-hydroxylation sites is 2. The Balaban J connectivity index is 2.17. The van der Waals surface area contributed by atoms with Crippen molar-refractivity contribution < 1.29 is 23.9 Å². The third-order valence-corrected chi connectivity index (χ3v) is 3.71. The van der Waals surface area contributed by atoms with Crippen LogP contribution in [0.15, 0.2) is 48.4 Å². The average molecular weight is 343 g/mol. The second-order valence-corrected chi connectivity index (χ2v) is 5.59. The zero-order valence-electron chi connectivity index (χ0n) is 14.4. The molecule has 0 bridgehead atoms. The minimum absolute atomic E-state index is 0.0503. The van der Waals surface area contributed by atoms with Gasteiger partial charge in [-0.3, -0.25) is 9.59 Å². The number of Topliss-reactive ketones (excluding diaryl/α,β-unsaturated/α-hetero) is 2. The van der Waals surface area contributed by atoms with Crippen LogP contribution in [0, 0.1) is 0 Å². The van der Waals surface area contributed by atoms with Gasteiger partial charge >= 0.3 is 5.97 Å². The summed E-state index contributed by atoms with van der Waals surface area (Å²) in [6.45, 7) is 6.86. The van der Waals surface area contributed by atoms with Crippen LogP contribution < -0.4 is 9.64 Å². The van der Waals surface area contributed by atoms with Crippen LogP contribution in [0.2, 0.25) is 0 Å². The predicted molar refractivity (Wildman–Crippen MR) is 93.2 cm³/mol. The van der Waals surface area contributed by atoms with E-state index in [1.165, 1.54) is 13.8 Å². The van der Waals surface area contributed by atoms with E-state index in [9.17, 15) is 14.4 Å². The van der Waals surface area contributed by atoms with Crippen molar-refractivity contribution in [2.75, 3.05) is 18.1 Å². The number of nitrogens with zero attached hydrogens (tertiary/aromatic N) is 1. The topological polar surface area (TPSA) is 72.9 Å². The van der Waals surface area contributed by atoms with Crippen molar-refractivity contribution in [2.45, 2.75) is 26.7 Å². The van der Waals surface area contributed by atoms with Crippen molar-refractivity contribution in [3.63, 3.8) is 0 Å². The van der Waals surface area contributed by atoms with Crippen LogP contribution in [0.1, 0.15) is 26.7 Å². The lowest BCUT2D eigenvalue weighted by atomic mass is 10.1. The fourth-order valence-electron chi connectivity index (χ4n) is 2.60. The van der Waals surface area contributed by atoms with Gasteiger partial charge in [0.1, 0.15) is 5.57 Å². The van der Waals surface area contributed by atoms with Crippen molar-refractivity contribution in [3.8, 4) is 5.75 Å². The van der Waals surface area contributed by atoms with Crippen LogP contribution in [0.5, 0.6) is 5.75 Å². The lowest BCUT2D eigenvalue weighted by Gasteiger charge is -2.20. The van der Waals surface area contributed by atoms with E-state index in [4.69, 9.17) is 9.47 Å². The van der Waals surface area contributed by atoms with E-state index >= 15 is 0 Å². The number of allylic oxidation sites excluding steroid dienone is 1. The third kappa shape index (κ3) is 4.35. The highest BCUT2D eigenvalue weighted by molar-refractivity contribution is 6.19. The van der Waals surface area contributed by atoms with Gasteiger partial charge in [-0.05, 0) is 38.8 Å². The maximum Gasteiger partial charge on any atom is 0.330 e. The summed E-state index contributed by atoms with van der Waals surface area (Å²) in [7, 11) is 0. The Morgan fingerprint density at radius 2 is 1.84 bits per heavy atom. The lowest BCUT2D eigenvalue weighted by Crippen LogP contribution is -2.27. The van der Waals surface area contributed by atoms with Gasteiger partial charge in [0.15, 0.2) is 17.3 Å². The Hall–Kier alpha value is -2.89. The Labute approximate surface area is 146 Å². The minimum atomic E-state index is -0.453. The number of fused-ring (bicyclic) bond motifs is 1. The number of carbonyl (C=O) groups is 3. The van der Waals surface area contributed by atoms with Crippen molar-refractivity contribution in [2.24, 2.45) is 0 Å². The molecule has 0 atom stereocenters. The first-order valence-electron chi connectivity index (χ1n) is 8.05. The second kappa shape index (κ2) is 8.28. The largest absolute Gasteiger partial charge is 0.463 e. The number of esters is 1. The van der Waals surface area contributed by atoms with Gasteiger partial charge in [0.2, 0.25) is 5.88 Å². The smallest absolute Gasteiger partial charge is 0.330 e. The molecule has 1 aliphatic heterocycles. The van der Waals surface area contributed by atoms with Crippen molar-refractivity contribution in [1.82, 2.24) is 0 Å². The number of ketones is 2. The Bertz CT molecular complexity index is 719. The van der Waals surface area contributed by atoms with E-state index in [0.29, 0.717) is 25.1 Å². The summed E-state index contributed by atoms with van der Waals surface area (Å²) >= 11 is 0. The van der Waals surface area contributed by atoms with Crippen molar-refractivity contribution in [1.29, 1.82) is 0 Å². The van der Waals surface area contributed by atoms with E-state index in [1.807, 2.05) is 23.1 Å². The lowest BCUT2D eigenvalue weighted by molar-refractivity contribution is -0.137. The SMILES string of the molecule is C=CC(=O)OCCCCN1C(=C(C(C)=O)C(C)=O)Oc2ccccc21. The zero-order valence-corrected chi connectivity index (χ0v) is 14.4. The molecule has 2 rings (SSSR count). The molecular weight excluding hydrogens is 322 g/mol. The molecule has 0 fully saturated rings. The van der Waals surface area contributed by atoms with Gasteiger partial charge in [0, 0.05) is 12.6 Å². The highest BCUT2D eigenvalue weighted by Crippen LogP contribution is 2.40. The number of benzene rings is 1. The fourth-order valence-corrected chi connectivity index (χ4v) is 2.60. The van der Waals surface area contributed by atoms with E-state index in [1.54, 1.807) is 6.07 Å². The summed E-state index contributed by atoms with van der Waals surface area (Å²) in [4.78, 5) is 36.7. The van der Waals surface area contributed by atoms with Crippen LogP contribution in [-0.2, 0) is 19.1 Å². The number of carbonyl (C=O) groups excluding carboxylic acids is 3. The Kier molecular flexibility index (Phi) is 6.11. The molecule has 6 nitrogen and oxygen atoms in total. The average Bonchev–Trinajstić information content (AvgIpc) is 2.91. The maximum atomic E-state index is 11.9. The molecule has 0 radical (unpaired) electrons. The van der Waals surface area contributed by atoms with Crippen LogP contribution in [0.25, 0.3) is 0 Å². The number of anilines is 1. The number of hydrogen-bond donors (Lipinski definition) is 0. The number of ether oxygens (including phenoxy) is 2. The molecule has 0 aliphatic carbocycles. The molecular formula is C19H21NO5. The number of unbranched alkanes of at least 4 members (excludes halogenated alkanes) is 1. The molecule has 0 amide bonds. The highest BCUT2D eigenvalue weighted by atomic mass is 16.5. The third-order valence-electron chi connectivity index (χ3n) is 3.71. The fraction of sp³-hybridized carbons (Fsp3) is 0.316. The quantitative estimate of drug-likeness (QED) is 0.238. The predicted octanol–water partition coefficient (Wildman–Crippen LogP) is 2.78. The molecule has 0 spiro atoms.